The molecule has 170 valence electrons. The van der Waals surface area contributed by atoms with Crippen molar-refractivity contribution in [3.63, 3.8) is 0 Å². The molecule has 0 spiro atoms. The van der Waals surface area contributed by atoms with Crippen LogP contribution in [0, 0.1) is 13.8 Å². The number of hydrogen-bond acceptors (Lipinski definition) is 4. The summed E-state index contributed by atoms with van der Waals surface area (Å²) < 4.78 is 13.4. The lowest BCUT2D eigenvalue weighted by molar-refractivity contribution is 0.174. The third-order valence-corrected chi connectivity index (χ3v) is 6.85. The minimum atomic E-state index is -0.0837. The molecule has 1 fully saturated rings. The van der Waals surface area contributed by atoms with Crippen molar-refractivity contribution >= 4 is 23.0 Å². The van der Waals surface area contributed by atoms with E-state index >= 15 is 0 Å². The molecular formula is C27H24N4O2S. The molecule has 0 aliphatic carbocycles. The Morgan fingerprint density at radius 2 is 1.71 bits per heavy atom. The first-order valence-corrected chi connectivity index (χ1v) is 11.7. The molecule has 0 amide bonds. The van der Waals surface area contributed by atoms with E-state index < -0.39 is 0 Å². The molecule has 2 aliphatic rings. The minimum Gasteiger partial charge on any atom is -0.454 e. The summed E-state index contributed by atoms with van der Waals surface area (Å²) in [5.74, 6) is 1.55. The highest BCUT2D eigenvalue weighted by Crippen LogP contribution is 2.44. The van der Waals surface area contributed by atoms with Crippen molar-refractivity contribution in [2.75, 3.05) is 11.7 Å². The molecule has 2 aromatic heterocycles. The number of fused-ring (bicyclic) bond motifs is 1. The Morgan fingerprint density at radius 3 is 2.50 bits per heavy atom. The number of pyridine rings is 1. The van der Waals surface area contributed by atoms with E-state index in [2.05, 4.69) is 63.9 Å². The van der Waals surface area contributed by atoms with Crippen LogP contribution in [0.2, 0.25) is 0 Å². The van der Waals surface area contributed by atoms with E-state index in [9.17, 15) is 0 Å². The monoisotopic (exact) mass is 468 g/mol. The number of para-hydroxylation sites is 1. The van der Waals surface area contributed by atoms with Gasteiger partial charge in [-0.1, -0.05) is 24.3 Å². The highest BCUT2D eigenvalue weighted by molar-refractivity contribution is 7.80. The van der Waals surface area contributed by atoms with E-state index in [-0.39, 0.29) is 18.9 Å². The Labute approximate surface area is 203 Å². The normalized spacial score (nSPS) is 18.9. The second kappa shape index (κ2) is 8.18. The van der Waals surface area contributed by atoms with Crippen molar-refractivity contribution in [2.24, 2.45) is 0 Å². The van der Waals surface area contributed by atoms with Crippen LogP contribution in [0.3, 0.4) is 0 Å². The molecule has 7 heteroatoms. The standard InChI is InChI=1S/C27H24N4O2S/c1-17-14-21(18(2)30(17)20-11-12-23-24(15-20)33-16-32-23)26-25(22-10-6-7-13-28-22)29-27(34)31(26)19-8-4-3-5-9-19/h3-15,25-26H,16H2,1-2H3,(H,29,34)/t25-,26+/m1/s1. The Balaban J connectivity index is 1.50. The number of anilines is 1. The number of benzene rings is 2. The first-order valence-electron chi connectivity index (χ1n) is 11.3. The first kappa shape index (κ1) is 20.7. The smallest absolute Gasteiger partial charge is 0.231 e. The van der Waals surface area contributed by atoms with Gasteiger partial charge in [0.15, 0.2) is 16.6 Å². The SMILES string of the molecule is Cc1cc([C@H]2[C@@H](c3ccccn3)NC(=S)N2c2ccccc2)c(C)n1-c1ccc2c(c1)OCO2. The molecule has 2 aromatic carbocycles. The predicted molar refractivity (Wildman–Crippen MR) is 136 cm³/mol. The van der Waals surface area contributed by atoms with Crippen molar-refractivity contribution < 1.29 is 9.47 Å². The van der Waals surface area contributed by atoms with E-state index in [0.717, 1.165) is 40.0 Å². The van der Waals surface area contributed by atoms with Gasteiger partial charge in [-0.05, 0) is 74.1 Å². The van der Waals surface area contributed by atoms with Crippen molar-refractivity contribution in [3.8, 4) is 17.2 Å². The van der Waals surface area contributed by atoms with E-state index in [1.54, 1.807) is 0 Å². The number of nitrogens with zero attached hydrogens (tertiary/aromatic N) is 3. The van der Waals surface area contributed by atoms with Crippen LogP contribution in [0.1, 0.15) is 34.7 Å². The zero-order valence-corrected chi connectivity index (χ0v) is 19.8. The summed E-state index contributed by atoms with van der Waals surface area (Å²) in [6.45, 7) is 4.55. The zero-order valence-electron chi connectivity index (χ0n) is 18.9. The van der Waals surface area contributed by atoms with Gasteiger partial charge in [-0.3, -0.25) is 4.98 Å². The number of aromatic nitrogens is 2. The maximum absolute atomic E-state index is 5.86. The van der Waals surface area contributed by atoms with Crippen LogP contribution < -0.4 is 19.7 Å². The van der Waals surface area contributed by atoms with Crippen LogP contribution in [0.5, 0.6) is 11.5 Å². The van der Waals surface area contributed by atoms with Crippen molar-refractivity contribution in [3.05, 3.63) is 102 Å². The summed E-state index contributed by atoms with van der Waals surface area (Å²) in [6, 6.07) is 24.5. The largest absolute Gasteiger partial charge is 0.454 e. The highest BCUT2D eigenvalue weighted by Gasteiger charge is 2.42. The van der Waals surface area contributed by atoms with Gasteiger partial charge in [0.1, 0.15) is 0 Å². The number of hydrogen-bond donors (Lipinski definition) is 1. The van der Waals surface area contributed by atoms with E-state index in [1.807, 2.05) is 48.7 Å². The Morgan fingerprint density at radius 1 is 0.912 bits per heavy atom. The molecule has 0 unspecified atom stereocenters. The van der Waals surface area contributed by atoms with Crippen molar-refractivity contribution in [1.82, 2.24) is 14.9 Å². The lowest BCUT2D eigenvalue weighted by atomic mass is 9.96. The molecule has 2 atom stereocenters. The van der Waals surface area contributed by atoms with Gasteiger partial charge in [0.2, 0.25) is 6.79 Å². The van der Waals surface area contributed by atoms with Gasteiger partial charge in [0.25, 0.3) is 0 Å². The molecule has 1 saturated heterocycles. The predicted octanol–water partition coefficient (Wildman–Crippen LogP) is 5.39. The lowest BCUT2D eigenvalue weighted by Crippen LogP contribution is -2.29. The molecule has 0 radical (unpaired) electrons. The highest BCUT2D eigenvalue weighted by atomic mass is 32.1. The quantitative estimate of drug-likeness (QED) is 0.405. The van der Waals surface area contributed by atoms with Crippen LogP contribution in [-0.2, 0) is 0 Å². The van der Waals surface area contributed by atoms with Crippen LogP contribution in [-0.4, -0.2) is 21.5 Å². The molecule has 4 aromatic rings. The molecule has 6 rings (SSSR count). The second-order valence-electron chi connectivity index (χ2n) is 8.53. The maximum atomic E-state index is 5.86. The second-order valence-corrected chi connectivity index (χ2v) is 8.92. The number of rotatable bonds is 4. The molecule has 6 nitrogen and oxygen atoms in total. The first-order chi connectivity index (χ1) is 16.6. The number of nitrogens with one attached hydrogen (secondary N) is 1. The van der Waals surface area contributed by atoms with Crippen molar-refractivity contribution in [1.29, 1.82) is 0 Å². The third-order valence-electron chi connectivity index (χ3n) is 6.54. The molecule has 0 bridgehead atoms. The van der Waals surface area contributed by atoms with E-state index in [4.69, 9.17) is 21.7 Å². The molecule has 34 heavy (non-hydrogen) atoms. The Bertz CT molecular complexity index is 1370. The van der Waals surface area contributed by atoms with Crippen LogP contribution in [0.15, 0.2) is 79.0 Å². The van der Waals surface area contributed by atoms with Gasteiger partial charge in [-0.15, -0.1) is 0 Å². The molecular weight excluding hydrogens is 444 g/mol. The van der Waals surface area contributed by atoms with E-state index in [1.165, 1.54) is 5.56 Å². The van der Waals surface area contributed by atoms with Gasteiger partial charge >= 0.3 is 0 Å². The maximum Gasteiger partial charge on any atom is 0.231 e. The number of aryl methyl sites for hydroxylation is 1. The Hall–Kier alpha value is -3.84. The average molecular weight is 469 g/mol. The average Bonchev–Trinajstić information content (AvgIpc) is 3.54. The fourth-order valence-electron chi connectivity index (χ4n) is 5.05. The summed E-state index contributed by atoms with van der Waals surface area (Å²) in [6.07, 6.45) is 1.83. The van der Waals surface area contributed by atoms with Gasteiger partial charge < -0.3 is 24.3 Å². The lowest BCUT2D eigenvalue weighted by Gasteiger charge is -2.28. The van der Waals surface area contributed by atoms with Crippen LogP contribution in [0.4, 0.5) is 5.69 Å². The fourth-order valence-corrected chi connectivity index (χ4v) is 5.39. The molecule has 0 saturated carbocycles. The number of ether oxygens (including phenoxy) is 2. The van der Waals surface area contributed by atoms with Crippen LogP contribution in [0.25, 0.3) is 5.69 Å². The Kier molecular flexibility index (Phi) is 4.99. The summed E-state index contributed by atoms with van der Waals surface area (Å²) in [7, 11) is 0. The van der Waals surface area contributed by atoms with Gasteiger partial charge in [-0.2, -0.15) is 0 Å². The third kappa shape index (κ3) is 3.31. The molecule has 1 N–H and O–H groups in total. The van der Waals surface area contributed by atoms with Gasteiger partial charge in [-0.25, -0.2) is 0 Å². The summed E-state index contributed by atoms with van der Waals surface area (Å²) in [5.41, 5.74) is 6.53. The van der Waals surface area contributed by atoms with E-state index in [0.29, 0.717) is 5.11 Å². The fraction of sp³-hybridized carbons (Fsp3) is 0.185. The van der Waals surface area contributed by atoms with Gasteiger partial charge in [0, 0.05) is 35.0 Å². The van der Waals surface area contributed by atoms with Crippen LogP contribution >= 0.6 is 12.2 Å². The summed E-state index contributed by atoms with van der Waals surface area (Å²) in [5, 5.41) is 4.24. The number of thiocarbonyl (C=S) groups is 1. The summed E-state index contributed by atoms with van der Waals surface area (Å²) in [4.78, 5) is 6.88. The summed E-state index contributed by atoms with van der Waals surface area (Å²) >= 11 is 5.86. The van der Waals surface area contributed by atoms with Gasteiger partial charge in [0.05, 0.1) is 17.8 Å². The molecule has 4 heterocycles. The van der Waals surface area contributed by atoms with Crippen molar-refractivity contribution in [2.45, 2.75) is 25.9 Å². The topological polar surface area (TPSA) is 51.6 Å². The zero-order chi connectivity index (χ0) is 23.2. The molecule has 2 aliphatic heterocycles. The minimum absolute atomic E-state index is 0.0567.